The minimum atomic E-state index is -1.65. The van der Waals surface area contributed by atoms with Gasteiger partial charge >= 0.3 is 17.9 Å². The zero-order valence-electron chi connectivity index (χ0n) is 10.8. The van der Waals surface area contributed by atoms with E-state index in [1.165, 1.54) is 6.07 Å². The van der Waals surface area contributed by atoms with Crippen molar-refractivity contribution in [3.63, 3.8) is 0 Å². The number of carbonyl (C=O) groups is 3. The smallest absolute Gasteiger partial charge is 0.355 e. The maximum absolute atomic E-state index is 11.5. The molecule has 3 rings (SSSR count). The van der Waals surface area contributed by atoms with E-state index in [-0.39, 0.29) is 10.9 Å². The maximum atomic E-state index is 11.5. The van der Waals surface area contributed by atoms with Crippen LogP contribution in [0.4, 0.5) is 0 Å². The molecule has 22 heavy (non-hydrogen) atoms. The Morgan fingerprint density at radius 3 is 2.14 bits per heavy atom. The van der Waals surface area contributed by atoms with Crippen molar-refractivity contribution >= 4 is 39.7 Å². The number of carboxylic acid groups (broad SMARTS) is 3. The largest absolute Gasteiger partial charge is 0.478 e. The summed E-state index contributed by atoms with van der Waals surface area (Å²) in [5, 5.41) is 28.3. The van der Waals surface area contributed by atoms with Crippen molar-refractivity contribution in [2.24, 2.45) is 0 Å². The minimum absolute atomic E-state index is 0.0713. The normalized spacial score (nSPS) is 10.9. The number of nitrogens with one attached hydrogen (secondary N) is 1. The van der Waals surface area contributed by atoms with Crippen LogP contribution < -0.4 is 0 Å². The molecule has 0 aliphatic carbocycles. The molecule has 0 aliphatic rings. The molecule has 0 aliphatic heterocycles. The molecule has 0 unspecified atom stereocenters. The number of aromatic amines is 1. The summed E-state index contributed by atoms with van der Waals surface area (Å²) in [6.45, 7) is 0. The van der Waals surface area contributed by atoms with Crippen molar-refractivity contribution in [3.8, 4) is 0 Å². The van der Waals surface area contributed by atoms with Crippen LogP contribution in [-0.2, 0) is 0 Å². The first-order valence-electron chi connectivity index (χ1n) is 6.05. The summed E-state index contributed by atoms with van der Waals surface area (Å²) in [4.78, 5) is 40.9. The summed E-state index contributed by atoms with van der Waals surface area (Å²) in [6, 6.07) is 4.60. The fourth-order valence-electron chi connectivity index (χ4n) is 2.45. The van der Waals surface area contributed by atoms with Crippen LogP contribution in [0.15, 0.2) is 24.4 Å². The minimum Gasteiger partial charge on any atom is -0.478 e. The predicted octanol–water partition coefficient (Wildman–Crippen LogP) is 1.81. The van der Waals surface area contributed by atoms with Crippen molar-refractivity contribution in [2.45, 2.75) is 0 Å². The van der Waals surface area contributed by atoms with Gasteiger partial charge in [-0.1, -0.05) is 0 Å². The summed E-state index contributed by atoms with van der Waals surface area (Å²) in [5.41, 5.74) is -1.46. The molecule has 0 saturated carbocycles. The molecule has 0 atom stereocenters. The highest BCUT2D eigenvalue weighted by molar-refractivity contribution is 6.18. The summed E-state index contributed by atoms with van der Waals surface area (Å²) in [6.07, 6.45) is 1.60. The van der Waals surface area contributed by atoms with Crippen LogP contribution in [0.5, 0.6) is 0 Å². The average molecular weight is 300 g/mol. The fraction of sp³-hybridized carbons (Fsp3) is 0. The van der Waals surface area contributed by atoms with E-state index in [9.17, 15) is 29.7 Å². The van der Waals surface area contributed by atoms with Crippen molar-refractivity contribution < 1.29 is 29.7 Å². The monoisotopic (exact) mass is 300 g/mol. The van der Waals surface area contributed by atoms with Gasteiger partial charge in [0.25, 0.3) is 0 Å². The van der Waals surface area contributed by atoms with Gasteiger partial charge in [-0.15, -0.1) is 0 Å². The molecule has 2 heterocycles. The Kier molecular flexibility index (Phi) is 2.81. The van der Waals surface area contributed by atoms with Crippen LogP contribution in [0.3, 0.4) is 0 Å². The van der Waals surface area contributed by atoms with Gasteiger partial charge in [-0.2, -0.15) is 0 Å². The molecular formula is C14H8N2O6. The SMILES string of the molecule is O=C(O)c1nc2c(ccc3[nH]ccc32)c(C(=O)O)c1C(=O)O. The standard InChI is InChI=1S/C14H8N2O6/c17-12(18)8-6-1-2-7-5(3-4-15-7)10(6)16-11(14(21)22)9(8)13(19)20/h1-4,15H,(H,17,18)(H,19,20)(H,21,22). The molecule has 4 N–H and O–H groups in total. The van der Waals surface area contributed by atoms with Gasteiger partial charge in [0.1, 0.15) is 5.56 Å². The molecule has 8 heteroatoms. The quantitative estimate of drug-likeness (QED) is 0.578. The van der Waals surface area contributed by atoms with Gasteiger partial charge < -0.3 is 20.3 Å². The van der Waals surface area contributed by atoms with E-state index in [4.69, 9.17) is 0 Å². The molecule has 110 valence electrons. The predicted molar refractivity (Wildman–Crippen MR) is 74.5 cm³/mol. The molecule has 0 fully saturated rings. The van der Waals surface area contributed by atoms with Crippen LogP contribution in [0.2, 0.25) is 0 Å². The summed E-state index contributed by atoms with van der Waals surface area (Å²) >= 11 is 0. The number of nitrogens with zero attached hydrogens (tertiary/aromatic N) is 1. The van der Waals surface area contributed by atoms with Crippen LogP contribution in [-0.4, -0.2) is 43.2 Å². The number of hydrogen-bond acceptors (Lipinski definition) is 4. The van der Waals surface area contributed by atoms with E-state index in [2.05, 4.69) is 9.97 Å². The molecule has 1 aromatic carbocycles. The topological polar surface area (TPSA) is 141 Å². The zero-order chi connectivity index (χ0) is 16.0. The third-order valence-electron chi connectivity index (χ3n) is 3.32. The number of aromatic carboxylic acids is 3. The number of carboxylic acids is 3. The summed E-state index contributed by atoms with van der Waals surface area (Å²) in [5.74, 6) is -4.78. The lowest BCUT2D eigenvalue weighted by molar-refractivity contribution is 0.0631. The van der Waals surface area contributed by atoms with Gasteiger partial charge in [-0.3, -0.25) is 0 Å². The molecule has 0 radical (unpaired) electrons. The number of H-pyrrole nitrogens is 1. The van der Waals surface area contributed by atoms with E-state index < -0.39 is 34.7 Å². The van der Waals surface area contributed by atoms with Gasteiger partial charge in [0, 0.05) is 22.5 Å². The van der Waals surface area contributed by atoms with Crippen LogP contribution in [0.25, 0.3) is 21.8 Å². The molecular weight excluding hydrogens is 292 g/mol. The summed E-state index contributed by atoms with van der Waals surface area (Å²) < 4.78 is 0. The second-order valence-corrected chi connectivity index (χ2v) is 4.53. The molecule has 2 aromatic heterocycles. The number of rotatable bonds is 3. The van der Waals surface area contributed by atoms with Gasteiger partial charge in [0.2, 0.25) is 0 Å². The third-order valence-corrected chi connectivity index (χ3v) is 3.32. The van der Waals surface area contributed by atoms with E-state index >= 15 is 0 Å². The second kappa shape index (κ2) is 4.55. The van der Waals surface area contributed by atoms with Gasteiger partial charge in [0.05, 0.1) is 11.1 Å². The molecule has 0 bridgehead atoms. The molecule has 3 aromatic rings. The van der Waals surface area contributed by atoms with Crippen molar-refractivity contribution in [1.29, 1.82) is 0 Å². The highest BCUT2D eigenvalue weighted by Crippen LogP contribution is 2.29. The first-order chi connectivity index (χ1) is 10.4. The molecule has 0 spiro atoms. The van der Waals surface area contributed by atoms with E-state index in [0.29, 0.717) is 10.9 Å². The summed E-state index contributed by atoms with van der Waals surface area (Å²) in [7, 11) is 0. The number of hydrogen-bond donors (Lipinski definition) is 4. The lowest BCUT2D eigenvalue weighted by Crippen LogP contribution is -2.17. The van der Waals surface area contributed by atoms with Crippen LogP contribution in [0, 0.1) is 0 Å². The Hall–Kier alpha value is -3.42. The second-order valence-electron chi connectivity index (χ2n) is 4.53. The third kappa shape index (κ3) is 1.78. The number of pyridine rings is 1. The molecule has 8 nitrogen and oxygen atoms in total. The zero-order valence-corrected chi connectivity index (χ0v) is 10.8. The Balaban J connectivity index is 2.62. The average Bonchev–Trinajstić information content (AvgIpc) is 2.93. The molecule has 0 amide bonds. The molecule has 0 saturated heterocycles. The van der Waals surface area contributed by atoms with Gasteiger partial charge in [0.15, 0.2) is 5.69 Å². The Morgan fingerprint density at radius 2 is 1.55 bits per heavy atom. The van der Waals surface area contributed by atoms with Crippen molar-refractivity contribution in [3.05, 3.63) is 41.2 Å². The number of aromatic nitrogens is 2. The first kappa shape index (κ1) is 13.6. The van der Waals surface area contributed by atoms with Gasteiger partial charge in [-0.25, -0.2) is 19.4 Å². The van der Waals surface area contributed by atoms with Crippen molar-refractivity contribution in [1.82, 2.24) is 9.97 Å². The number of fused-ring (bicyclic) bond motifs is 3. The van der Waals surface area contributed by atoms with Crippen LogP contribution in [0.1, 0.15) is 31.2 Å². The number of benzene rings is 1. The van der Waals surface area contributed by atoms with E-state index in [0.717, 1.165) is 0 Å². The van der Waals surface area contributed by atoms with Crippen LogP contribution >= 0.6 is 0 Å². The first-order valence-corrected chi connectivity index (χ1v) is 6.05. The highest BCUT2D eigenvalue weighted by Gasteiger charge is 2.28. The maximum Gasteiger partial charge on any atom is 0.355 e. The van der Waals surface area contributed by atoms with E-state index in [1.807, 2.05) is 0 Å². The highest BCUT2D eigenvalue weighted by atomic mass is 16.4. The fourth-order valence-corrected chi connectivity index (χ4v) is 2.45. The lowest BCUT2D eigenvalue weighted by Gasteiger charge is -2.10. The van der Waals surface area contributed by atoms with Crippen molar-refractivity contribution in [2.75, 3.05) is 0 Å². The van der Waals surface area contributed by atoms with E-state index in [1.54, 1.807) is 18.3 Å². The Morgan fingerprint density at radius 1 is 0.864 bits per heavy atom. The lowest BCUT2D eigenvalue weighted by atomic mass is 9.98. The Labute approximate surface area is 121 Å². The Bertz CT molecular complexity index is 972. The van der Waals surface area contributed by atoms with Gasteiger partial charge in [-0.05, 0) is 18.2 Å².